The summed E-state index contributed by atoms with van der Waals surface area (Å²) in [6.45, 7) is 0. The van der Waals surface area contributed by atoms with Crippen molar-refractivity contribution in [2.45, 2.75) is 11.4 Å². The fourth-order valence-corrected chi connectivity index (χ4v) is 4.70. The highest BCUT2D eigenvalue weighted by atomic mass is 35.5. The van der Waals surface area contributed by atoms with Crippen molar-refractivity contribution in [3.63, 3.8) is 0 Å². The van der Waals surface area contributed by atoms with Crippen LogP contribution in [-0.2, 0) is 36.3 Å². The highest BCUT2D eigenvalue weighted by Crippen LogP contribution is 2.81. The zero-order valence-electron chi connectivity index (χ0n) is 6.62. The fourth-order valence-electron chi connectivity index (χ4n) is 1.52. The second kappa shape index (κ2) is 2.09. The maximum absolute atomic E-state index is 11.3. The Balaban J connectivity index is 1.79. The molecule has 0 amide bonds. The van der Waals surface area contributed by atoms with Crippen molar-refractivity contribution in [1.29, 1.82) is 0 Å². The van der Waals surface area contributed by atoms with E-state index in [0.29, 0.717) is 0 Å². The summed E-state index contributed by atoms with van der Waals surface area (Å²) in [6, 6.07) is 0. The van der Waals surface area contributed by atoms with E-state index in [0.717, 1.165) is 0 Å². The van der Waals surface area contributed by atoms with Gasteiger partial charge in [-0.05, 0) is 0 Å². The molecule has 6 aliphatic rings. The predicted molar refractivity (Wildman–Crippen MR) is 41.1 cm³/mol. The number of rotatable bonds is 1. The first kappa shape index (κ1) is 8.87. The van der Waals surface area contributed by atoms with Crippen LogP contribution in [0.25, 0.3) is 0 Å². The molecule has 6 rings (SSSR count). The standard InChI is InChI=1S/C4HClO8P2/c5-3-4(12-15(7,11-3)13-4)1-2-9-14(6,8-1)10-2/h3H. The van der Waals surface area contributed by atoms with Gasteiger partial charge in [0.1, 0.15) is 0 Å². The van der Waals surface area contributed by atoms with E-state index < -0.39 is 27.0 Å². The van der Waals surface area contributed by atoms with Gasteiger partial charge in [0.15, 0.2) is 0 Å². The highest BCUT2D eigenvalue weighted by Gasteiger charge is 2.79. The third-order valence-electron chi connectivity index (χ3n) is 2.11. The first-order valence-corrected chi connectivity index (χ1v) is 7.08. The van der Waals surface area contributed by atoms with E-state index in [2.05, 4.69) is 9.05 Å². The minimum Gasteiger partial charge on any atom is -0.377 e. The van der Waals surface area contributed by atoms with Gasteiger partial charge in [-0.2, -0.15) is 4.57 Å². The summed E-state index contributed by atoms with van der Waals surface area (Å²) in [5.74, 6) is -1.93. The molecule has 1 unspecified atom stereocenters. The summed E-state index contributed by atoms with van der Waals surface area (Å²) in [7, 11) is -7.06. The van der Waals surface area contributed by atoms with Crippen molar-refractivity contribution in [3.8, 4) is 0 Å². The molecule has 0 radical (unpaired) electrons. The molecule has 0 saturated carbocycles. The Morgan fingerprint density at radius 3 is 2.20 bits per heavy atom. The van der Waals surface area contributed by atoms with Crippen LogP contribution in [0, 0.1) is 0 Å². The predicted octanol–water partition coefficient (Wildman–Crippen LogP) is 1.79. The first-order valence-electron chi connectivity index (χ1n) is 3.72. The molecule has 15 heavy (non-hydrogen) atoms. The van der Waals surface area contributed by atoms with Crippen LogP contribution in [0.1, 0.15) is 0 Å². The molecule has 6 aliphatic heterocycles. The number of phosphoric acid groups is 2. The van der Waals surface area contributed by atoms with Crippen molar-refractivity contribution in [1.82, 2.24) is 0 Å². The second-order valence-corrected chi connectivity index (χ2v) is 6.37. The first-order chi connectivity index (χ1) is 6.95. The third-order valence-corrected chi connectivity index (χ3v) is 5.25. The maximum atomic E-state index is 11.3. The molecule has 4 saturated heterocycles. The Bertz CT molecular complexity index is 489. The molecule has 0 aromatic heterocycles. The molecule has 0 spiro atoms. The molecule has 4 bridgehead atoms. The molecule has 6 heterocycles. The molecular weight excluding hydrogens is 273 g/mol. The van der Waals surface area contributed by atoms with Gasteiger partial charge in [-0.3, -0.25) is 4.52 Å². The van der Waals surface area contributed by atoms with Gasteiger partial charge in [0, 0.05) is 0 Å². The summed E-state index contributed by atoms with van der Waals surface area (Å²) in [5, 5.41) is 0. The van der Waals surface area contributed by atoms with E-state index in [1.165, 1.54) is 0 Å². The lowest BCUT2D eigenvalue weighted by atomic mass is 10.2. The minimum atomic E-state index is -3.55. The number of hydrogen-bond donors (Lipinski definition) is 0. The van der Waals surface area contributed by atoms with Gasteiger partial charge in [-0.25, -0.2) is 13.6 Å². The van der Waals surface area contributed by atoms with Gasteiger partial charge < -0.3 is 13.6 Å². The SMILES string of the molecule is O=P12OC(=C(C34OP(=O)(OC3Cl)O4)O1)O2. The van der Waals surface area contributed by atoms with Gasteiger partial charge in [0.2, 0.25) is 5.56 Å². The molecule has 82 valence electrons. The molecule has 0 aromatic rings. The maximum Gasteiger partial charge on any atom is 0.652 e. The smallest absolute Gasteiger partial charge is 0.377 e. The minimum absolute atomic E-state index is 0.130. The van der Waals surface area contributed by atoms with E-state index in [1.807, 2.05) is 0 Å². The van der Waals surface area contributed by atoms with Gasteiger partial charge >= 0.3 is 21.6 Å². The lowest BCUT2D eigenvalue weighted by Crippen LogP contribution is -2.44. The van der Waals surface area contributed by atoms with E-state index in [4.69, 9.17) is 29.7 Å². The number of phosphoric ester groups is 2. The van der Waals surface area contributed by atoms with E-state index in [-0.39, 0.29) is 11.7 Å². The summed E-state index contributed by atoms with van der Waals surface area (Å²) in [5.41, 5.74) is -1.16. The summed E-state index contributed by atoms with van der Waals surface area (Å²) in [4.78, 5) is 0. The quantitative estimate of drug-likeness (QED) is 0.528. The Morgan fingerprint density at radius 1 is 1.13 bits per heavy atom. The van der Waals surface area contributed by atoms with E-state index in [9.17, 15) is 9.13 Å². The van der Waals surface area contributed by atoms with Crippen molar-refractivity contribution in [2.24, 2.45) is 0 Å². The lowest BCUT2D eigenvalue weighted by Gasteiger charge is -2.32. The monoisotopic (exact) mass is 274 g/mol. The third kappa shape index (κ3) is 0.836. The number of alkyl halides is 1. The van der Waals surface area contributed by atoms with E-state index in [1.54, 1.807) is 0 Å². The number of halogens is 1. The van der Waals surface area contributed by atoms with Crippen molar-refractivity contribution in [3.05, 3.63) is 11.7 Å². The van der Waals surface area contributed by atoms with Crippen molar-refractivity contribution < 1.29 is 36.3 Å². The van der Waals surface area contributed by atoms with Crippen LogP contribution in [0.5, 0.6) is 0 Å². The molecule has 0 aromatic carbocycles. The number of hydrogen-bond acceptors (Lipinski definition) is 8. The average Bonchev–Trinajstić information content (AvgIpc) is 2.62. The van der Waals surface area contributed by atoms with Crippen molar-refractivity contribution >= 4 is 27.2 Å². The molecular formula is C4HClO8P2. The Morgan fingerprint density at radius 2 is 1.80 bits per heavy atom. The van der Waals surface area contributed by atoms with Crippen LogP contribution < -0.4 is 0 Å². The molecule has 4 fully saturated rings. The average molecular weight is 274 g/mol. The Labute approximate surface area is 87.2 Å². The summed E-state index contributed by atoms with van der Waals surface area (Å²) in [6.07, 6.45) is 0. The van der Waals surface area contributed by atoms with Crippen LogP contribution >= 0.6 is 27.2 Å². The van der Waals surface area contributed by atoms with Gasteiger partial charge in [-0.1, -0.05) is 11.6 Å². The molecule has 1 atom stereocenters. The van der Waals surface area contributed by atoms with Crippen LogP contribution in [0.15, 0.2) is 11.7 Å². The van der Waals surface area contributed by atoms with Crippen LogP contribution in [0.2, 0.25) is 0 Å². The zero-order chi connectivity index (χ0) is 10.5. The van der Waals surface area contributed by atoms with Gasteiger partial charge in [0.05, 0.1) is 0 Å². The molecule has 11 heteroatoms. The van der Waals surface area contributed by atoms with Crippen LogP contribution in [0.3, 0.4) is 0 Å². The zero-order valence-corrected chi connectivity index (χ0v) is 9.16. The fraction of sp³-hybridized carbons (Fsp3) is 0.500. The van der Waals surface area contributed by atoms with E-state index >= 15 is 0 Å². The largest absolute Gasteiger partial charge is 0.652 e. The van der Waals surface area contributed by atoms with Gasteiger partial charge in [-0.15, -0.1) is 0 Å². The second-order valence-electron chi connectivity index (χ2n) is 3.06. The lowest BCUT2D eigenvalue weighted by molar-refractivity contribution is -0.158. The van der Waals surface area contributed by atoms with Crippen molar-refractivity contribution in [2.75, 3.05) is 0 Å². The normalized spacial score (nSPS) is 52.5. The van der Waals surface area contributed by atoms with Crippen LogP contribution in [-0.4, -0.2) is 11.4 Å². The molecule has 0 aliphatic carbocycles. The molecule has 8 nitrogen and oxygen atoms in total. The Hall–Kier alpha value is -0.230. The molecule has 0 N–H and O–H groups in total. The van der Waals surface area contributed by atoms with Gasteiger partial charge in [0.25, 0.3) is 11.5 Å². The Kier molecular flexibility index (Phi) is 1.24. The highest BCUT2D eigenvalue weighted by molar-refractivity contribution is 7.51. The summed E-state index contributed by atoms with van der Waals surface area (Å²) >= 11 is 5.70. The summed E-state index contributed by atoms with van der Waals surface area (Å²) < 4.78 is 51.1. The topological polar surface area (TPSA) is 89.5 Å². The number of fused-ring (bicyclic) bond motifs is 2. The van der Waals surface area contributed by atoms with Crippen LogP contribution in [0.4, 0.5) is 0 Å².